The molecule has 0 fully saturated rings. The molecule has 0 unspecified atom stereocenters. The quantitative estimate of drug-likeness (QED) is 0.517. The smallest absolute Gasteiger partial charge is 0.278 e. The van der Waals surface area contributed by atoms with Gasteiger partial charge in [0, 0.05) is 23.1 Å². The summed E-state index contributed by atoms with van der Waals surface area (Å²) in [4.78, 5) is 29.3. The van der Waals surface area contributed by atoms with Crippen molar-refractivity contribution in [1.82, 2.24) is 25.3 Å². The zero-order valence-corrected chi connectivity index (χ0v) is 17.3. The Morgan fingerprint density at radius 3 is 2.53 bits per heavy atom. The van der Waals surface area contributed by atoms with Crippen molar-refractivity contribution in [3.8, 4) is 0 Å². The van der Waals surface area contributed by atoms with Gasteiger partial charge in [0.25, 0.3) is 5.56 Å². The molecule has 0 saturated carbocycles. The van der Waals surface area contributed by atoms with Crippen molar-refractivity contribution in [2.24, 2.45) is 5.92 Å². The molecule has 2 aromatic heterocycles. The van der Waals surface area contributed by atoms with Gasteiger partial charge in [0.05, 0.1) is 5.39 Å². The molecule has 154 valence electrons. The molecule has 0 aliphatic heterocycles. The Morgan fingerprint density at radius 1 is 1.07 bits per heavy atom. The maximum atomic E-state index is 13.1. The molecule has 0 aliphatic carbocycles. The van der Waals surface area contributed by atoms with Crippen LogP contribution in [0.2, 0.25) is 0 Å². The summed E-state index contributed by atoms with van der Waals surface area (Å²) in [6.07, 6.45) is 2.66. The molecule has 1 amide bonds. The number of para-hydroxylation sites is 1. The molecule has 4 aromatic rings. The lowest BCUT2D eigenvalue weighted by atomic mass is 10.0. The van der Waals surface area contributed by atoms with Crippen LogP contribution < -0.4 is 10.9 Å². The van der Waals surface area contributed by atoms with E-state index in [1.807, 2.05) is 45.2 Å². The molecule has 0 spiro atoms. The van der Waals surface area contributed by atoms with Gasteiger partial charge in [0.1, 0.15) is 11.6 Å². The number of carbonyl (C=O) groups is 1. The van der Waals surface area contributed by atoms with Crippen LogP contribution >= 0.6 is 0 Å². The standard InChI is InChI=1S/C23H25N5O2/c1-14(2)21(28-23(30)18-9-5-7-11-20(18)26-27-28)22(29)25-15(3)12-16-13-24-19-10-6-4-8-17(16)19/h4-11,13-15,21,24H,12H2,1-3H3,(H,25,29)/t15-,21+/m0/s1. The highest BCUT2D eigenvalue weighted by atomic mass is 16.2. The van der Waals surface area contributed by atoms with Gasteiger partial charge in [-0.2, -0.15) is 4.68 Å². The fraction of sp³-hybridized carbons (Fsp3) is 0.304. The Labute approximate surface area is 174 Å². The first-order valence-corrected chi connectivity index (χ1v) is 10.2. The number of fused-ring (bicyclic) bond motifs is 2. The highest BCUT2D eigenvalue weighted by molar-refractivity contribution is 5.84. The van der Waals surface area contributed by atoms with Crippen LogP contribution in [-0.4, -0.2) is 31.9 Å². The molecule has 2 heterocycles. The minimum Gasteiger partial charge on any atom is -0.361 e. The molecule has 30 heavy (non-hydrogen) atoms. The third-order valence-electron chi connectivity index (χ3n) is 5.34. The van der Waals surface area contributed by atoms with Gasteiger partial charge in [-0.1, -0.05) is 49.4 Å². The van der Waals surface area contributed by atoms with Crippen molar-refractivity contribution >= 4 is 27.7 Å². The molecule has 7 nitrogen and oxygen atoms in total. The summed E-state index contributed by atoms with van der Waals surface area (Å²) in [5.74, 6) is -0.359. The van der Waals surface area contributed by atoms with Crippen molar-refractivity contribution < 1.29 is 4.79 Å². The molecule has 2 atom stereocenters. The van der Waals surface area contributed by atoms with E-state index in [4.69, 9.17) is 0 Å². The van der Waals surface area contributed by atoms with E-state index in [2.05, 4.69) is 26.7 Å². The van der Waals surface area contributed by atoms with E-state index in [0.29, 0.717) is 17.3 Å². The molecule has 2 N–H and O–H groups in total. The molecule has 2 aromatic carbocycles. The molecule has 4 rings (SSSR count). The number of nitrogens with one attached hydrogen (secondary N) is 2. The van der Waals surface area contributed by atoms with Gasteiger partial charge in [0.2, 0.25) is 5.91 Å². The molecule has 0 radical (unpaired) electrons. The third-order valence-corrected chi connectivity index (χ3v) is 5.34. The second-order valence-electron chi connectivity index (χ2n) is 8.02. The molecule has 7 heteroatoms. The number of aromatic amines is 1. The molecule has 0 bridgehead atoms. The number of H-pyrrole nitrogens is 1. The number of nitrogens with zero attached hydrogens (tertiary/aromatic N) is 3. The number of hydrogen-bond acceptors (Lipinski definition) is 4. The lowest BCUT2D eigenvalue weighted by molar-refractivity contribution is -0.126. The zero-order chi connectivity index (χ0) is 21.3. The van der Waals surface area contributed by atoms with Crippen LogP contribution in [-0.2, 0) is 11.2 Å². The zero-order valence-electron chi connectivity index (χ0n) is 17.3. The van der Waals surface area contributed by atoms with E-state index >= 15 is 0 Å². The minimum absolute atomic E-state index is 0.109. The Balaban J connectivity index is 1.57. The summed E-state index contributed by atoms with van der Waals surface area (Å²) >= 11 is 0. The van der Waals surface area contributed by atoms with Crippen molar-refractivity contribution in [3.63, 3.8) is 0 Å². The van der Waals surface area contributed by atoms with Gasteiger partial charge in [-0.3, -0.25) is 9.59 Å². The van der Waals surface area contributed by atoms with E-state index < -0.39 is 6.04 Å². The van der Waals surface area contributed by atoms with Gasteiger partial charge in [0.15, 0.2) is 0 Å². The SMILES string of the molecule is CC(C)[C@H](C(=O)N[C@@H](C)Cc1c[nH]c2ccccc12)n1nnc2ccccc2c1=O. The van der Waals surface area contributed by atoms with Gasteiger partial charge >= 0.3 is 0 Å². The number of aromatic nitrogens is 4. The van der Waals surface area contributed by atoms with Crippen LogP contribution in [0.1, 0.15) is 32.4 Å². The number of hydrogen-bond donors (Lipinski definition) is 2. The van der Waals surface area contributed by atoms with E-state index in [-0.39, 0.29) is 23.4 Å². The van der Waals surface area contributed by atoms with E-state index in [0.717, 1.165) is 16.5 Å². The van der Waals surface area contributed by atoms with Gasteiger partial charge in [-0.15, -0.1) is 5.10 Å². The van der Waals surface area contributed by atoms with Crippen molar-refractivity contribution in [2.75, 3.05) is 0 Å². The molecular formula is C23H25N5O2. The average Bonchev–Trinajstić information content (AvgIpc) is 3.12. The summed E-state index contributed by atoms with van der Waals surface area (Å²) < 4.78 is 1.21. The highest BCUT2D eigenvalue weighted by Gasteiger charge is 2.28. The maximum absolute atomic E-state index is 13.1. The minimum atomic E-state index is -0.736. The predicted molar refractivity (Wildman–Crippen MR) is 117 cm³/mol. The first kappa shape index (κ1) is 19.8. The lowest BCUT2D eigenvalue weighted by Gasteiger charge is -2.23. The van der Waals surface area contributed by atoms with E-state index in [1.54, 1.807) is 24.3 Å². The number of rotatable bonds is 6. The van der Waals surface area contributed by atoms with Crippen LogP contribution in [0.15, 0.2) is 59.5 Å². The van der Waals surface area contributed by atoms with Gasteiger partial charge < -0.3 is 10.3 Å². The fourth-order valence-corrected chi connectivity index (χ4v) is 3.89. The Bertz CT molecular complexity index is 1260. The number of carbonyl (C=O) groups excluding carboxylic acids is 1. The Hall–Kier alpha value is -3.48. The monoisotopic (exact) mass is 403 g/mol. The van der Waals surface area contributed by atoms with Crippen molar-refractivity contribution in [3.05, 3.63) is 70.6 Å². The summed E-state index contributed by atoms with van der Waals surface area (Å²) in [6, 6.07) is 14.3. The summed E-state index contributed by atoms with van der Waals surface area (Å²) in [5, 5.41) is 12.9. The largest absolute Gasteiger partial charge is 0.361 e. The Kier molecular flexibility index (Phi) is 5.35. The van der Waals surface area contributed by atoms with E-state index in [1.165, 1.54) is 4.68 Å². The molecular weight excluding hydrogens is 378 g/mol. The number of benzene rings is 2. The van der Waals surface area contributed by atoms with Crippen LogP contribution in [0, 0.1) is 5.92 Å². The first-order valence-electron chi connectivity index (χ1n) is 10.2. The highest BCUT2D eigenvalue weighted by Crippen LogP contribution is 2.20. The van der Waals surface area contributed by atoms with Gasteiger partial charge in [-0.25, -0.2) is 0 Å². The van der Waals surface area contributed by atoms with Crippen LogP contribution in [0.3, 0.4) is 0 Å². The average molecular weight is 403 g/mol. The maximum Gasteiger partial charge on any atom is 0.278 e. The fourth-order valence-electron chi connectivity index (χ4n) is 3.89. The summed E-state index contributed by atoms with van der Waals surface area (Å²) in [6.45, 7) is 5.77. The van der Waals surface area contributed by atoms with Crippen LogP contribution in [0.5, 0.6) is 0 Å². The molecule has 0 saturated heterocycles. The van der Waals surface area contributed by atoms with E-state index in [9.17, 15) is 9.59 Å². The summed E-state index contributed by atoms with van der Waals surface area (Å²) in [5.41, 5.74) is 2.43. The number of amides is 1. The summed E-state index contributed by atoms with van der Waals surface area (Å²) in [7, 11) is 0. The normalized spacial score (nSPS) is 13.6. The lowest BCUT2D eigenvalue weighted by Crippen LogP contribution is -2.44. The Morgan fingerprint density at radius 2 is 1.77 bits per heavy atom. The first-order chi connectivity index (χ1) is 14.5. The second kappa shape index (κ2) is 8.10. The predicted octanol–water partition coefficient (Wildman–Crippen LogP) is 3.22. The van der Waals surface area contributed by atoms with Gasteiger partial charge in [-0.05, 0) is 43.0 Å². The van der Waals surface area contributed by atoms with Crippen molar-refractivity contribution in [1.29, 1.82) is 0 Å². The molecule has 0 aliphatic rings. The van der Waals surface area contributed by atoms with Crippen LogP contribution in [0.4, 0.5) is 0 Å². The second-order valence-corrected chi connectivity index (χ2v) is 8.02. The topological polar surface area (TPSA) is 92.7 Å². The van der Waals surface area contributed by atoms with Crippen LogP contribution in [0.25, 0.3) is 21.8 Å². The van der Waals surface area contributed by atoms with Crippen molar-refractivity contribution in [2.45, 2.75) is 39.3 Å². The third kappa shape index (κ3) is 3.70.